The summed E-state index contributed by atoms with van der Waals surface area (Å²) in [5.74, 6) is 0.544. The number of hydrogen-bond acceptors (Lipinski definition) is 1. The van der Waals surface area contributed by atoms with Gasteiger partial charge in [-0.3, -0.25) is 0 Å². The molecular weight excluding hydrogens is 310 g/mol. The minimum atomic E-state index is 0.304. The van der Waals surface area contributed by atoms with Crippen LogP contribution in [0.3, 0.4) is 0 Å². The van der Waals surface area contributed by atoms with E-state index >= 15 is 0 Å². The lowest BCUT2D eigenvalue weighted by Gasteiger charge is -2.27. The zero-order valence-electron chi connectivity index (χ0n) is 12.3. The molecule has 0 amide bonds. The van der Waals surface area contributed by atoms with Gasteiger partial charge < -0.3 is 5.32 Å². The van der Waals surface area contributed by atoms with Gasteiger partial charge in [-0.15, -0.1) is 0 Å². The van der Waals surface area contributed by atoms with E-state index in [1.165, 1.54) is 11.1 Å². The standard InChI is InChI=1S/C18H22BrN/c1-13(2)18(15-9-5-4-6-10-15)20-14(3)16-11-7-8-12-17(16)19/h4-14,18,20H,1-3H3/t14-,18?/m0/s1. The largest absolute Gasteiger partial charge is 0.303 e. The van der Waals surface area contributed by atoms with Crippen LogP contribution in [0.2, 0.25) is 0 Å². The van der Waals surface area contributed by atoms with Gasteiger partial charge in [-0.1, -0.05) is 78.3 Å². The Morgan fingerprint density at radius 1 is 0.850 bits per heavy atom. The Balaban J connectivity index is 2.19. The van der Waals surface area contributed by atoms with E-state index in [0.29, 0.717) is 18.0 Å². The van der Waals surface area contributed by atoms with Crippen LogP contribution < -0.4 is 5.32 Å². The van der Waals surface area contributed by atoms with E-state index in [9.17, 15) is 0 Å². The first-order valence-corrected chi connectivity index (χ1v) is 7.94. The smallest absolute Gasteiger partial charge is 0.0348 e. The summed E-state index contributed by atoms with van der Waals surface area (Å²) in [6.07, 6.45) is 0. The monoisotopic (exact) mass is 331 g/mol. The van der Waals surface area contributed by atoms with Crippen LogP contribution in [0.1, 0.15) is 44.0 Å². The first-order chi connectivity index (χ1) is 9.59. The maximum absolute atomic E-state index is 3.76. The maximum atomic E-state index is 3.76. The molecule has 0 radical (unpaired) electrons. The van der Waals surface area contributed by atoms with E-state index in [2.05, 4.69) is 96.6 Å². The molecule has 0 saturated heterocycles. The lowest BCUT2D eigenvalue weighted by Crippen LogP contribution is -2.28. The van der Waals surface area contributed by atoms with Crippen LogP contribution in [0.25, 0.3) is 0 Å². The minimum Gasteiger partial charge on any atom is -0.303 e. The molecule has 20 heavy (non-hydrogen) atoms. The molecule has 2 aromatic rings. The third-order valence-corrected chi connectivity index (χ3v) is 4.35. The van der Waals surface area contributed by atoms with Crippen LogP contribution >= 0.6 is 15.9 Å². The second-order valence-corrected chi connectivity index (χ2v) is 6.40. The van der Waals surface area contributed by atoms with Gasteiger partial charge in [-0.2, -0.15) is 0 Å². The summed E-state index contributed by atoms with van der Waals surface area (Å²) in [4.78, 5) is 0. The van der Waals surface area contributed by atoms with Gasteiger partial charge in [0.25, 0.3) is 0 Å². The molecule has 0 fully saturated rings. The Bertz CT molecular complexity index is 536. The molecule has 1 N–H and O–H groups in total. The molecular formula is C18H22BrN. The average Bonchev–Trinajstić information content (AvgIpc) is 2.45. The zero-order chi connectivity index (χ0) is 14.5. The zero-order valence-corrected chi connectivity index (χ0v) is 13.9. The SMILES string of the molecule is CC(C)C(N[C@@H](C)c1ccccc1Br)c1ccccc1. The van der Waals surface area contributed by atoms with Crippen molar-refractivity contribution in [2.45, 2.75) is 32.9 Å². The highest BCUT2D eigenvalue weighted by atomic mass is 79.9. The Hall–Kier alpha value is -1.12. The summed E-state index contributed by atoms with van der Waals surface area (Å²) in [6.45, 7) is 6.74. The van der Waals surface area contributed by atoms with Gasteiger partial charge in [0.15, 0.2) is 0 Å². The summed E-state index contributed by atoms with van der Waals surface area (Å²) in [5.41, 5.74) is 2.65. The highest BCUT2D eigenvalue weighted by Gasteiger charge is 2.19. The van der Waals surface area contributed by atoms with Crippen LogP contribution in [0, 0.1) is 5.92 Å². The van der Waals surface area contributed by atoms with E-state index in [4.69, 9.17) is 0 Å². The molecule has 1 unspecified atom stereocenters. The fourth-order valence-corrected chi connectivity index (χ4v) is 3.15. The van der Waals surface area contributed by atoms with Gasteiger partial charge >= 0.3 is 0 Å². The molecule has 2 heteroatoms. The van der Waals surface area contributed by atoms with Crippen molar-refractivity contribution in [1.82, 2.24) is 5.32 Å². The summed E-state index contributed by atoms with van der Waals surface area (Å²) < 4.78 is 1.16. The topological polar surface area (TPSA) is 12.0 Å². The highest BCUT2D eigenvalue weighted by Crippen LogP contribution is 2.28. The lowest BCUT2D eigenvalue weighted by atomic mass is 9.94. The minimum absolute atomic E-state index is 0.304. The van der Waals surface area contributed by atoms with Crippen molar-refractivity contribution < 1.29 is 0 Å². The fraction of sp³-hybridized carbons (Fsp3) is 0.333. The number of rotatable bonds is 5. The van der Waals surface area contributed by atoms with E-state index in [-0.39, 0.29) is 0 Å². The predicted molar refractivity (Wildman–Crippen MR) is 89.7 cm³/mol. The van der Waals surface area contributed by atoms with Gasteiger partial charge in [-0.25, -0.2) is 0 Å². The second kappa shape index (κ2) is 7.05. The van der Waals surface area contributed by atoms with Crippen LogP contribution in [-0.2, 0) is 0 Å². The van der Waals surface area contributed by atoms with Crippen LogP contribution in [0.4, 0.5) is 0 Å². The number of halogens is 1. The van der Waals surface area contributed by atoms with Gasteiger partial charge in [0.2, 0.25) is 0 Å². The van der Waals surface area contributed by atoms with Crippen molar-refractivity contribution in [3.05, 3.63) is 70.2 Å². The quantitative estimate of drug-likeness (QED) is 0.763. The average molecular weight is 332 g/mol. The summed E-state index contributed by atoms with van der Waals surface area (Å²) in [7, 11) is 0. The van der Waals surface area contributed by atoms with E-state index in [1.54, 1.807) is 0 Å². The van der Waals surface area contributed by atoms with Crippen molar-refractivity contribution in [3.63, 3.8) is 0 Å². The molecule has 1 nitrogen and oxygen atoms in total. The van der Waals surface area contributed by atoms with E-state index in [0.717, 1.165) is 4.47 Å². The van der Waals surface area contributed by atoms with E-state index < -0.39 is 0 Å². The molecule has 0 bridgehead atoms. The van der Waals surface area contributed by atoms with Crippen LogP contribution in [-0.4, -0.2) is 0 Å². The van der Waals surface area contributed by atoms with Gasteiger partial charge in [0.1, 0.15) is 0 Å². The van der Waals surface area contributed by atoms with Gasteiger partial charge in [0.05, 0.1) is 0 Å². The summed E-state index contributed by atoms with van der Waals surface area (Å²) in [6, 6.07) is 19.8. The molecule has 0 aliphatic carbocycles. The molecule has 2 aromatic carbocycles. The molecule has 2 atom stereocenters. The van der Waals surface area contributed by atoms with Crippen molar-refractivity contribution in [2.75, 3.05) is 0 Å². The van der Waals surface area contributed by atoms with Gasteiger partial charge in [-0.05, 0) is 30.0 Å². The normalized spacial score (nSPS) is 14.2. The second-order valence-electron chi connectivity index (χ2n) is 5.54. The lowest BCUT2D eigenvalue weighted by molar-refractivity contribution is 0.374. The maximum Gasteiger partial charge on any atom is 0.0348 e. The van der Waals surface area contributed by atoms with Crippen molar-refractivity contribution in [2.24, 2.45) is 5.92 Å². The number of hydrogen-bond donors (Lipinski definition) is 1. The molecule has 0 aliphatic rings. The Kier molecular flexibility index (Phi) is 5.38. The fourth-order valence-electron chi connectivity index (χ4n) is 2.52. The Morgan fingerprint density at radius 3 is 2.05 bits per heavy atom. The summed E-state index contributed by atoms with van der Waals surface area (Å²) >= 11 is 3.64. The Morgan fingerprint density at radius 2 is 1.45 bits per heavy atom. The molecule has 2 rings (SSSR count). The third-order valence-electron chi connectivity index (χ3n) is 3.63. The van der Waals surface area contributed by atoms with Gasteiger partial charge in [0, 0.05) is 16.6 Å². The molecule has 0 aliphatic heterocycles. The van der Waals surface area contributed by atoms with Crippen molar-refractivity contribution in [3.8, 4) is 0 Å². The molecule has 0 heterocycles. The first-order valence-electron chi connectivity index (χ1n) is 7.15. The van der Waals surface area contributed by atoms with Crippen LogP contribution in [0.15, 0.2) is 59.1 Å². The highest BCUT2D eigenvalue weighted by molar-refractivity contribution is 9.10. The molecule has 0 saturated carbocycles. The van der Waals surface area contributed by atoms with Crippen molar-refractivity contribution in [1.29, 1.82) is 0 Å². The molecule has 0 spiro atoms. The third kappa shape index (κ3) is 3.71. The Labute approximate surface area is 130 Å². The van der Waals surface area contributed by atoms with E-state index in [1.807, 2.05) is 0 Å². The number of benzene rings is 2. The van der Waals surface area contributed by atoms with Crippen molar-refractivity contribution >= 4 is 15.9 Å². The molecule has 106 valence electrons. The summed E-state index contributed by atoms with van der Waals surface area (Å²) in [5, 5.41) is 3.76. The van der Waals surface area contributed by atoms with Crippen LogP contribution in [0.5, 0.6) is 0 Å². The number of nitrogens with one attached hydrogen (secondary N) is 1. The first kappa shape index (κ1) is 15.3. The molecule has 0 aromatic heterocycles. The predicted octanol–water partition coefficient (Wildman–Crippen LogP) is 5.50.